The van der Waals surface area contributed by atoms with Gasteiger partial charge in [-0.3, -0.25) is 4.79 Å². The Morgan fingerprint density at radius 1 is 1.22 bits per heavy atom. The van der Waals surface area contributed by atoms with E-state index in [-0.39, 0.29) is 24.8 Å². The molecule has 0 bridgehead atoms. The molecular weight excluding hydrogens is 361 g/mol. The van der Waals surface area contributed by atoms with Crippen molar-refractivity contribution in [2.45, 2.75) is 25.4 Å². The lowest BCUT2D eigenvalue weighted by atomic mass is 9.73. The third kappa shape index (κ3) is 3.96. The number of nitrogen functional groups attached to an aromatic ring is 1. The number of aliphatic carboxylic acids is 1. The molecule has 9 heteroatoms. The molecule has 0 amide bonds. The van der Waals surface area contributed by atoms with E-state index in [1.165, 1.54) is 24.4 Å². The molecule has 1 saturated heterocycles. The Morgan fingerprint density at radius 3 is 2.48 bits per heavy atom. The maximum Gasteiger partial charge on any atom is 0.416 e. The first-order chi connectivity index (χ1) is 12.7. The van der Waals surface area contributed by atoms with Crippen LogP contribution >= 0.6 is 0 Å². The van der Waals surface area contributed by atoms with Crippen LogP contribution in [-0.4, -0.2) is 34.1 Å². The molecule has 1 aliphatic rings. The van der Waals surface area contributed by atoms with Crippen molar-refractivity contribution in [1.82, 2.24) is 9.97 Å². The number of nitrogens with two attached hydrogens (primary N) is 1. The Balaban J connectivity index is 1.83. The highest BCUT2D eigenvalue weighted by Crippen LogP contribution is 2.40. The van der Waals surface area contributed by atoms with Gasteiger partial charge in [0.2, 0.25) is 5.95 Å². The maximum absolute atomic E-state index is 13.3. The third-order valence-electron chi connectivity index (χ3n) is 4.97. The number of halogens is 3. The van der Waals surface area contributed by atoms with E-state index in [4.69, 9.17) is 5.73 Å². The van der Waals surface area contributed by atoms with Crippen LogP contribution in [-0.2, 0) is 17.4 Å². The minimum Gasteiger partial charge on any atom is -0.481 e. The van der Waals surface area contributed by atoms with Gasteiger partial charge in [0.15, 0.2) is 0 Å². The molecule has 1 fully saturated rings. The van der Waals surface area contributed by atoms with E-state index in [1.807, 2.05) is 0 Å². The van der Waals surface area contributed by atoms with Crippen LogP contribution in [0.3, 0.4) is 0 Å². The summed E-state index contributed by atoms with van der Waals surface area (Å²) in [6, 6.07) is 6.68. The smallest absolute Gasteiger partial charge is 0.416 e. The maximum atomic E-state index is 13.3. The van der Waals surface area contributed by atoms with Crippen LogP contribution in [0.2, 0.25) is 0 Å². The number of benzene rings is 1. The number of hydrogen-bond acceptors (Lipinski definition) is 5. The Kier molecular flexibility index (Phi) is 4.95. The second kappa shape index (κ2) is 7.05. The molecule has 1 aliphatic heterocycles. The fourth-order valence-corrected chi connectivity index (χ4v) is 3.43. The van der Waals surface area contributed by atoms with E-state index < -0.39 is 23.1 Å². The molecule has 0 saturated carbocycles. The first-order valence-electron chi connectivity index (χ1n) is 8.43. The van der Waals surface area contributed by atoms with Crippen LogP contribution in [0.4, 0.5) is 24.9 Å². The summed E-state index contributed by atoms with van der Waals surface area (Å²) in [5.41, 5.74) is 3.60. The molecule has 0 aliphatic carbocycles. The number of carbonyl (C=O) groups is 1. The number of anilines is 2. The zero-order valence-electron chi connectivity index (χ0n) is 14.4. The number of aromatic nitrogens is 2. The lowest BCUT2D eigenvalue weighted by Gasteiger charge is -2.39. The Morgan fingerprint density at radius 2 is 1.89 bits per heavy atom. The SMILES string of the molecule is Nc1ccnc(N2CCC(Cc3ccccc3C(F)(F)F)(C(=O)O)CC2)n1. The Hall–Kier alpha value is -2.84. The summed E-state index contributed by atoms with van der Waals surface area (Å²) in [4.78, 5) is 22.0. The highest BCUT2D eigenvalue weighted by Gasteiger charge is 2.44. The molecule has 0 atom stereocenters. The number of nitrogens with zero attached hydrogens (tertiary/aromatic N) is 3. The van der Waals surface area contributed by atoms with Crippen LogP contribution in [0.5, 0.6) is 0 Å². The normalized spacial score (nSPS) is 16.9. The van der Waals surface area contributed by atoms with Gasteiger partial charge < -0.3 is 15.7 Å². The van der Waals surface area contributed by atoms with Crippen LogP contribution in [0.25, 0.3) is 0 Å². The van der Waals surface area contributed by atoms with Crippen LogP contribution < -0.4 is 10.6 Å². The van der Waals surface area contributed by atoms with E-state index in [1.54, 1.807) is 11.0 Å². The monoisotopic (exact) mass is 380 g/mol. The molecule has 1 aromatic carbocycles. The third-order valence-corrected chi connectivity index (χ3v) is 4.97. The van der Waals surface area contributed by atoms with Crippen molar-refractivity contribution >= 4 is 17.7 Å². The van der Waals surface area contributed by atoms with Gasteiger partial charge in [0.05, 0.1) is 11.0 Å². The van der Waals surface area contributed by atoms with Gasteiger partial charge in [-0.2, -0.15) is 18.2 Å². The van der Waals surface area contributed by atoms with Gasteiger partial charge in [-0.15, -0.1) is 0 Å². The lowest BCUT2D eigenvalue weighted by Crippen LogP contribution is -2.46. The quantitative estimate of drug-likeness (QED) is 0.847. The molecule has 1 aromatic heterocycles. The summed E-state index contributed by atoms with van der Waals surface area (Å²) in [7, 11) is 0. The molecule has 27 heavy (non-hydrogen) atoms. The van der Waals surface area contributed by atoms with Gasteiger partial charge in [0, 0.05) is 19.3 Å². The average molecular weight is 380 g/mol. The fraction of sp³-hybridized carbons (Fsp3) is 0.389. The summed E-state index contributed by atoms with van der Waals surface area (Å²) >= 11 is 0. The van der Waals surface area contributed by atoms with E-state index in [9.17, 15) is 23.1 Å². The molecule has 3 rings (SSSR count). The topological polar surface area (TPSA) is 92.3 Å². The lowest BCUT2D eigenvalue weighted by molar-refractivity contribution is -0.151. The van der Waals surface area contributed by atoms with E-state index in [2.05, 4.69) is 9.97 Å². The molecule has 3 N–H and O–H groups in total. The number of carboxylic acids is 1. The minimum atomic E-state index is -4.52. The van der Waals surface area contributed by atoms with Crippen LogP contribution in [0, 0.1) is 5.41 Å². The molecule has 6 nitrogen and oxygen atoms in total. The predicted octanol–water partition coefficient (Wildman–Crippen LogP) is 2.99. The molecular formula is C18H19F3N4O2. The van der Waals surface area contributed by atoms with Crippen LogP contribution in [0.15, 0.2) is 36.5 Å². The van der Waals surface area contributed by atoms with Gasteiger partial charge in [0.25, 0.3) is 0 Å². The standard InChI is InChI=1S/C18H19F3N4O2/c19-18(20,21)13-4-2-1-3-12(13)11-17(15(26)27)6-9-25(10-7-17)16-23-8-5-14(22)24-16/h1-5,8H,6-7,9-11H2,(H,26,27)(H2,22,23,24). The van der Waals surface area contributed by atoms with Crippen molar-refractivity contribution < 1.29 is 23.1 Å². The van der Waals surface area contributed by atoms with E-state index >= 15 is 0 Å². The molecule has 144 valence electrons. The van der Waals surface area contributed by atoms with Crippen molar-refractivity contribution in [2.24, 2.45) is 5.41 Å². The van der Waals surface area contributed by atoms with Gasteiger partial charge in [-0.25, -0.2) is 4.98 Å². The largest absolute Gasteiger partial charge is 0.481 e. The zero-order valence-corrected chi connectivity index (χ0v) is 14.4. The highest BCUT2D eigenvalue weighted by molar-refractivity contribution is 5.75. The van der Waals surface area contributed by atoms with Gasteiger partial charge in [0.1, 0.15) is 5.82 Å². The van der Waals surface area contributed by atoms with Crippen molar-refractivity contribution in [1.29, 1.82) is 0 Å². The molecule has 0 radical (unpaired) electrons. The van der Waals surface area contributed by atoms with E-state index in [0.29, 0.717) is 24.9 Å². The summed E-state index contributed by atoms with van der Waals surface area (Å²) in [6.45, 7) is 0.647. The number of carboxylic acid groups (broad SMARTS) is 1. The Labute approximate surface area is 153 Å². The van der Waals surface area contributed by atoms with Crippen LogP contribution in [0.1, 0.15) is 24.0 Å². The Bertz CT molecular complexity index is 833. The summed E-state index contributed by atoms with van der Waals surface area (Å²) in [5.74, 6) is -0.397. The van der Waals surface area contributed by atoms with Crippen molar-refractivity contribution in [2.75, 3.05) is 23.7 Å². The van der Waals surface area contributed by atoms with Crippen molar-refractivity contribution in [3.05, 3.63) is 47.7 Å². The van der Waals surface area contributed by atoms with Gasteiger partial charge in [-0.1, -0.05) is 18.2 Å². The fourth-order valence-electron chi connectivity index (χ4n) is 3.43. The first-order valence-corrected chi connectivity index (χ1v) is 8.43. The zero-order chi connectivity index (χ0) is 19.7. The highest BCUT2D eigenvalue weighted by atomic mass is 19.4. The van der Waals surface area contributed by atoms with Crippen molar-refractivity contribution in [3.8, 4) is 0 Å². The minimum absolute atomic E-state index is 0.000977. The first kappa shape index (κ1) is 18.9. The molecule has 0 unspecified atom stereocenters. The number of alkyl halides is 3. The van der Waals surface area contributed by atoms with Gasteiger partial charge in [-0.05, 0) is 37.0 Å². The number of piperidine rings is 1. The molecule has 0 spiro atoms. The summed E-state index contributed by atoms with van der Waals surface area (Å²) in [5, 5.41) is 9.79. The van der Waals surface area contributed by atoms with Crippen molar-refractivity contribution in [3.63, 3.8) is 0 Å². The number of rotatable bonds is 4. The molecule has 2 aromatic rings. The summed E-state index contributed by atoms with van der Waals surface area (Å²) < 4.78 is 39.8. The second-order valence-electron chi connectivity index (χ2n) is 6.69. The predicted molar refractivity (Wildman–Crippen MR) is 93.1 cm³/mol. The van der Waals surface area contributed by atoms with Gasteiger partial charge >= 0.3 is 12.1 Å². The number of hydrogen-bond donors (Lipinski definition) is 2. The van der Waals surface area contributed by atoms with E-state index in [0.717, 1.165) is 6.07 Å². The second-order valence-corrected chi connectivity index (χ2v) is 6.69. The average Bonchev–Trinajstić information content (AvgIpc) is 2.62. The summed E-state index contributed by atoms with van der Waals surface area (Å²) in [6.07, 6.45) is -2.81. The molecule has 2 heterocycles.